The highest BCUT2D eigenvalue weighted by atomic mass is 16.7. The van der Waals surface area contributed by atoms with E-state index in [1.54, 1.807) is 13.8 Å². The fraction of sp³-hybridized carbons (Fsp3) is 0.972. The lowest BCUT2D eigenvalue weighted by atomic mass is 9.41. The van der Waals surface area contributed by atoms with Crippen LogP contribution in [0.1, 0.15) is 107 Å². The SMILES string of the molecule is CC(=O)OC(C1CC(C)C2C(O1)C(O)C1(C)C3CCC4C(C)(C)C(OC5CNCCO5)CCC45CC35CCC21C)C(C)(C)O. The Morgan fingerprint density at radius 1 is 1.05 bits per heavy atom. The molecule has 44 heavy (non-hydrogen) atoms. The topological polar surface area (TPSA) is 106 Å². The van der Waals surface area contributed by atoms with Crippen molar-refractivity contribution in [1.82, 2.24) is 5.32 Å². The largest absolute Gasteiger partial charge is 0.457 e. The van der Waals surface area contributed by atoms with Crippen LogP contribution in [-0.2, 0) is 23.7 Å². The number of esters is 1. The Hall–Kier alpha value is -0.770. The van der Waals surface area contributed by atoms with Crippen molar-refractivity contribution in [2.24, 2.45) is 50.7 Å². The van der Waals surface area contributed by atoms with Gasteiger partial charge in [-0.05, 0) is 111 Å². The van der Waals surface area contributed by atoms with Gasteiger partial charge in [-0.15, -0.1) is 0 Å². The molecule has 8 nitrogen and oxygen atoms in total. The predicted octanol–water partition coefficient (Wildman–Crippen LogP) is 4.83. The van der Waals surface area contributed by atoms with E-state index >= 15 is 0 Å². The molecule has 2 saturated heterocycles. The summed E-state index contributed by atoms with van der Waals surface area (Å²) in [5.74, 6) is 1.16. The van der Waals surface area contributed by atoms with Crippen molar-refractivity contribution in [1.29, 1.82) is 0 Å². The molecule has 7 rings (SSSR count). The van der Waals surface area contributed by atoms with E-state index in [0.29, 0.717) is 30.3 Å². The van der Waals surface area contributed by atoms with Gasteiger partial charge >= 0.3 is 5.97 Å². The Kier molecular flexibility index (Phi) is 7.32. The number of nitrogens with one attached hydrogen (secondary N) is 1. The molecule has 0 aromatic rings. The molecule has 5 aliphatic carbocycles. The first-order valence-electron chi connectivity index (χ1n) is 17.7. The molecule has 2 spiro atoms. The molecule has 7 aliphatic rings. The molecule has 250 valence electrons. The Labute approximate surface area is 264 Å². The molecule has 2 heterocycles. The smallest absolute Gasteiger partial charge is 0.303 e. The summed E-state index contributed by atoms with van der Waals surface area (Å²) < 4.78 is 25.2. The summed E-state index contributed by atoms with van der Waals surface area (Å²) >= 11 is 0. The molecule has 3 N–H and O–H groups in total. The van der Waals surface area contributed by atoms with Crippen molar-refractivity contribution in [3.8, 4) is 0 Å². The summed E-state index contributed by atoms with van der Waals surface area (Å²) in [6.07, 6.45) is 6.87. The normalized spacial score (nSPS) is 53.3. The fourth-order valence-corrected chi connectivity index (χ4v) is 13.4. The molecule has 0 radical (unpaired) electrons. The van der Waals surface area contributed by atoms with Crippen molar-refractivity contribution in [3.63, 3.8) is 0 Å². The second kappa shape index (κ2) is 10.1. The zero-order valence-electron chi connectivity index (χ0n) is 28.5. The lowest BCUT2D eigenvalue weighted by Crippen LogP contribution is -2.60. The number of carbonyl (C=O) groups excluding carboxylic acids is 1. The zero-order chi connectivity index (χ0) is 31.7. The second-order valence-corrected chi connectivity index (χ2v) is 17.9. The molecule has 8 heteroatoms. The maximum atomic E-state index is 12.5. The van der Waals surface area contributed by atoms with Crippen LogP contribution < -0.4 is 5.32 Å². The van der Waals surface area contributed by atoms with Gasteiger partial charge in [0, 0.05) is 25.4 Å². The van der Waals surface area contributed by atoms with Crippen molar-refractivity contribution >= 4 is 5.97 Å². The Morgan fingerprint density at radius 3 is 2.41 bits per heavy atom. The highest BCUT2D eigenvalue weighted by Crippen LogP contribution is 2.89. The maximum absolute atomic E-state index is 12.5. The van der Waals surface area contributed by atoms with Crippen molar-refractivity contribution in [2.75, 3.05) is 19.7 Å². The highest BCUT2D eigenvalue weighted by Gasteiger charge is 2.84. The Balaban J connectivity index is 1.16. The molecule has 0 aromatic carbocycles. The van der Waals surface area contributed by atoms with E-state index in [1.165, 1.54) is 32.6 Å². The van der Waals surface area contributed by atoms with Crippen molar-refractivity contribution in [3.05, 3.63) is 0 Å². The standard InChI is InChI=1S/C36H59NO7/c1-20-17-22(30(32(5,6)40)42-21(2)38)43-28-27(20)33(7)13-14-36-19-35(36)12-11-25(44-26-18-37-15-16-41-26)31(3,4)23(35)9-10-24(36)34(33,8)29(28)39/h20,22-30,37,39-40H,9-19H2,1-8H3. The van der Waals surface area contributed by atoms with Crippen LogP contribution in [0, 0.1) is 50.7 Å². The van der Waals surface area contributed by atoms with Crippen molar-refractivity contribution < 1.29 is 34.0 Å². The molecule has 7 fully saturated rings. The lowest BCUT2D eigenvalue weighted by Gasteiger charge is -2.64. The summed E-state index contributed by atoms with van der Waals surface area (Å²) in [6, 6.07) is 0. The summed E-state index contributed by atoms with van der Waals surface area (Å²) in [7, 11) is 0. The Bertz CT molecular complexity index is 1150. The number of ether oxygens (including phenoxy) is 4. The predicted molar refractivity (Wildman–Crippen MR) is 165 cm³/mol. The van der Waals surface area contributed by atoms with E-state index < -0.39 is 29.9 Å². The number of aliphatic hydroxyl groups excluding tert-OH is 1. The van der Waals surface area contributed by atoms with E-state index in [4.69, 9.17) is 18.9 Å². The molecule has 0 bridgehead atoms. The van der Waals surface area contributed by atoms with E-state index in [0.717, 1.165) is 32.4 Å². The summed E-state index contributed by atoms with van der Waals surface area (Å²) in [6.45, 7) is 19.2. The fourth-order valence-electron chi connectivity index (χ4n) is 13.4. The van der Waals surface area contributed by atoms with Gasteiger partial charge in [-0.25, -0.2) is 0 Å². The Morgan fingerprint density at radius 2 is 1.75 bits per heavy atom. The molecular formula is C36H59NO7. The van der Waals surface area contributed by atoms with Gasteiger partial charge in [-0.1, -0.05) is 34.6 Å². The van der Waals surface area contributed by atoms with Gasteiger partial charge in [-0.3, -0.25) is 4.79 Å². The third kappa shape index (κ3) is 4.12. The minimum Gasteiger partial charge on any atom is -0.457 e. The third-order valence-corrected chi connectivity index (χ3v) is 15.3. The van der Waals surface area contributed by atoms with Crippen molar-refractivity contribution in [2.45, 2.75) is 149 Å². The van der Waals surface area contributed by atoms with Gasteiger partial charge in [0.05, 0.1) is 36.6 Å². The minimum atomic E-state index is -1.25. The second-order valence-electron chi connectivity index (χ2n) is 17.9. The van der Waals surface area contributed by atoms with Crippen LogP contribution in [0.2, 0.25) is 0 Å². The number of rotatable bonds is 5. The first-order valence-corrected chi connectivity index (χ1v) is 17.7. The van der Waals surface area contributed by atoms with Crippen LogP contribution in [0.25, 0.3) is 0 Å². The van der Waals surface area contributed by atoms with Crippen LogP contribution in [-0.4, -0.2) is 78.3 Å². The van der Waals surface area contributed by atoms with Crippen LogP contribution in [0.3, 0.4) is 0 Å². The van der Waals surface area contributed by atoms with Gasteiger partial charge in [0.25, 0.3) is 0 Å². The number of carbonyl (C=O) groups is 1. The third-order valence-electron chi connectivity index (χ3n) is 15.3. The van der Waals surface area contributed by atoms with Crippen LogP contribution in [0.4, 0.5) is 0 Å². The number of morpholine rings is 1. The van der Waals surface area contributed by atoms with Crippen LogP contribution >= 0.6 is 0 Å². The first kappa shape index (κ1) is 31.8. The van der Waals surface area contributed by atoms with Gasteiger partial charge < -0.3 is 34.5 Å². The number of hydrogen-bond acceptors (Lipinski definition) is 8. The summed E-state index contributed by atoms with van der Waals surface area (Å²) in [5.41, 5.74) is -0.862. The zero-order valence-corrected chi connectivity index (χ0v) is 28.5. The van der Waals surface area contributed by atoms with Crippen LogP contribution in [0.15, 0.2) is 0 Å². The number of fused-ring (bicyclic) bond motifs is 4. The van der Waals surface area contributed by atoms with Crippen LogP contribution in [0.5, 0.6) is 0 Å². The molecule has 5 saturated carbocycles. The molecule has 0 aromatic heterocycles. The lowest BCUT2D eigenvalue weighted by molar-refractivity contribution is -0.237. The number of aliphatic hydroxyl groups is 2. The summed E-state index contributed by atoms with van der Waals surface area (Å²) in [4.78, 5) is 12.0. The van der Waals surface area contributed by atoms with Gasteiger partial charge in [-0.2, -0.15) is 0 Å². The van der Waals surface area contributed by atoms with Gasteiger partial charge in [0.2, 0.25) is 0 Å². The quantitative estimate of drug-likeness (QED) is 0.377. The average molecular weight is 618 g/mol. The van der Waals surface area contributed by atoms with Gasteiger partial charge in [0.1, 0.15) is 0 Å². The molecule has 14 unspecified atom stereocenters. The highest BCUT2D eigenvalue weighted by molar-refractivity contribution is 5.66. The molecule has 14 atom stereocenters. The van der Waals surface area contributed by atoms with E-state index in [9.17, 15) is 15.0 Å². The van der Waals surface area contributed by atoms with E-state index in [2.05, 4.69) is 39.9 Å². The van der Waals surface area contributed by atoms with E-state index in [-0.39, 0.29) is 52.0 Å². The molecular weight excluding hydrogens is 558 g/mol. The summed E-state index contributed by atoms with van der Waals surface area (Å²) in [5, 5.41) is 26.9. The maximum Gasteiger partial charge on any atom is 0.303 e. The molecule has 0 amide bonds. The molecule has 2 aliphatic heterocycles. The number of hydrogen-bond donors (Lipinski definition) is 3. The first-order chi connectivity index (χ1) is 20.5. The van der Waals surface area contributed by atoms with E-state index in [1.807, 2.05) is 0 Å². The average Bonchev–Trinajstić information content (AvgIpc) is 3.58. The monoisotopic (exact) mass is 617 g/mol. The minimum absolute atomic E-state index is 0.0409. The van der Waals surface area contributed by atoms with Gasteiger partial charge in [0.15, 0.2) is 12.4 Å².